The number of aryl methyl sites for hydroxylation is 2. The predicted octanol–water partition coefficient (Wildman–Crippen LogP) is 0.818. The number of hydrogen-bond acceptors (Lipinski definition) is 8. The van der Waals surface area contributed by atoms with Crippen molar-refractivity contribution in [3.8, 4) is 0 Å². The first-order valence-corrected chi connectivity index (χ1v) is 10.5. The van der Waals surface area contributed by atoms with Crippen LogP contribution in [-0.4, -0.2) is 66.4 Å². The Bertz CT molecular complexity index is 884. The van der Waals surface area contributed by atoms with Crippen LogP contribution in [0.5, 0.6) is 0 Å². The summed E-state index contributed by atoms with van der Waals surface area (Å²) in [5, 5.41) is 6.27. The van der Waals surface area contributed by atoms with Gasteiger partial charge in [0, 0.05) is 38.0 Å². The van der Waals surface area contributed by atoms with Gasteiger partial charge in [0.05, 0.1) is 5.01 Å². The van der Waals surface area contributed by atoms with Crippen molar-refractivity contribution in [2.45, 2.75) is 25.2 Å². The summed E-state index contributed by atoms with van der Waals surface area (Å²) in [7, 11) is -3.69. The molecule has 0 unspecified atom stereocenters. The van der Waals surface area contributed by atoms with Gasteiger partial charge < -0.3 is 15.2 Å². The molecule has 2 aromatic heterocycles. The van der Waals surface area contributed by atoms with Crippen molar-refractivity contribution < 1.29 is 17.7 Å². The lowest BCUT2D eigenvalue weighted by atomic mass is 10.3. The largest absolute Gasteiger partial charge is 0.360 e. The number of nitrogens with zero attached hydrogens (tertiary/aromatic N) is 4. The minimum atomic E-state index is -3.69. The summed E-state index contributed by atoms with van der Waals surface area (Å²) >= 11 is 1.41. The minimum absolute atomic E-state index is 0. The number of aromatic nitrogens is 2. The molecular weight excluding hydrogens is 414 g/mol. The Morgan fingerprint density at radius 2 is 1.96 bits per heavy atom. The number of piperazine rings is 1. The van der Waals surface area contributed by atoms with Crippen LogP contribution >= 0.6 is 23.7 Å². The summed E-state index contributed by atoms with van der Waals surface area (Å²) in [6.07, 6.45) is 0.640. The van der Waals surface area contributed by atoms with E-state index in [1.165, 1.54) is 15.6 Å². The van der Waals surface area contributed by atoms with Crippen molar-refractivity contribution in [2.75, 3.05) is 32.7 Å². The smallest absolute Gasteiger partial charge is 0.273 e. The molecule has 0 radical (unpaired) electrons. The highest BCUT2D eigenvalue weighted by atomic mass is 35.5. The van der Waals surface area contributed by atoms with E-state index >= 15 is 0 Å². The van der Waals surface area contributed by atoms with E-state index in [2.05, 4.69) is 10.1 Å². The first-order valence-electron chi connectivity index (χ1n) is 8.21. The first kappa shape index (κ1) is 21.8. The van der Waals surface area contributed by atoms with Crippen LogP contribution in [0.3, 0.4) is 0 Å². The summed E-state index contributed by atoms with van der Waals surface area (Å²) in [5.74, 6) is 0.0924. The summed E-state index contributed by atoms with van der Waals surface area (Å²) < 4.78 is 32.0. The number of thiazole rings is 1. The highest BCUT2D eigenvalue weighted by Gasteiger charge is 2.34. The van der Waals surface area contributed by atoms with Crippen LogP contribution in [0.25, 0.3) is 0 Å². The molecule has 1 aliphatic heterocycles. The zero-order chi connectivity index (χ0) is 18.9. The van der Waals surface area contributed by atoms with Crippen molar-refractivity contribution >= 4 is 39.7 Å². The molecule has 2 N–H and O–H groups in total. The second kappa shape index (κ2) is 8.65. The third-order valence-corrected chi connectivity index (χ3v) is 7.27. The third kappa shape index (κ3) is 4.32. The van der Waals surface area contributed by atoms with E-state index in [1.54, 1.807) is 24.1 Å². The molecule has 3 rings (SSSR count). The molecule has 0 saturated carbocycles. The normalized spacial score (nSPS) is 15.6. The fraction of sp³-hybridized carbons (Fsp3) is 0.533. The molecule has 0 aromatic carbocycles. The molecule has 0 bridgehead atoms. The van der Waals surface area contributed by atoms with Crippen molar-refractivity contribution in [1.82, 2.24) is 19.3 Å². The average molecular weight is 436 g/mol. The summed E-state index contributed by atoms with van der Waals surface area (Å²) in [6, 6.07) is 0. The molecule has 2 aromatic rings. The van der Waals surface area contributed by atoms with E-state index in [-0.39, 0.29) is 42.1 Å². The standard InChI is InChI=1S/C15H21N5O4S2.ClH/c1-10-14(11(2)24-18-10)26(22,23)20-7-5-19(6-8-20)15(21)12-9-25-13(17-12)3-4-16;/h9H,3-8,16H2,1-2H3;1H. The number of halogens is 1. The van der Waals surface area contributed by atoms with Gasteiger partial charge in [-0.2, -0.15) is 4.31 Å². The van der Waals surface area contributed by atoms with E-state index in [0.717, 1.165) is 5.01 Å². The highest BCUT2D eigenvalue weighted by molar-refractivity contribution is 7.89. The second-order valence-corrected chi connectivity index (χ2v) is 8.83. The predicted molar refractivity (Wildman–Crippen MR) is 103 cm³/mol. The molecule has 1 aliphatic rings. The van der Waals surface area contributed by atoms with Crippen LogP contribution in [0.1, 0.15) is 27.0 Å². The van der Waals surface area contributed by atoms with Crippen LogP contribution in [0, 0.1) is 13.8 Å². The zero-order valence-corrected chi connectivity index (χ0v) is 17.5. The fourth-order valence-corrected chi connectivity index (χ4v) is 5.41. The minimum Gasteiger partial charge on any atom is -0.360 e. The van der Waals surface area contributed by atoms with Crippen LogP contribution in [-0.2, 0) is 16.4 Å². The Morgan fingerprint density at radius 1 is 1.30 bits per heavy atom. The molecule has 1 fully saturated rings. The van der Waals surface area contributed by atoms with E-state index in [0.29, 0.717) is 37.4 Å². The monoisotopic (exact) mass is 435 g/mol. The van der Waals surface area contributed by atoms with E-state index in [1.807, 2.05) is 0 Å². The number of nitrogens with two attached hydrogens (primary N) is 1. The van der Waals surface area contributed by atoms with Crippen LogP contribution in [0.2, 0.25) is 0 Å². The van der Waals surface area contributed by atoms with Gasteiger partial charge in [-0.05, 0) is 20.4 Å². The lowest BCUT2D eigenvalue weighted by Crippen LogP contribution is -2.50. The van der Waals surface area contributed by atoms with Gasteiger partial charge in [0.25, 0.3) is 5.91 Å². The zero-order valence-electron chi connectivity index (χ0n) is 15.0. The molecular formula is C15H22ClN5O4S2. The maximum Gasteiger partial charge on any atom is 0.273 e. The molecule has 0 atom stereocenters. The number of amides is 1. The second-order valence-electron chi connectivity index (χ2n) is 6.01. The quantitative estimate of drug-likeness (QED) is 0.737. The summed E-state index contributed by atoms with van der Waals surface area (Å²) in [4.78, 5) is 18.6. The van der Waals surface area contributed by atoms with Crippen LogP contribution in [0.15, 0.2) is 14.8 Å². The van der Waals surface area contributed by atoms with E-state index in [9.17, 15) is 13.2 Å². The number of carbonyl (C=O) groups excluding carboxylic acids is 1. The maximum absolute atomic E-state index is 12.8. The molecule has 12 heteroatoms. The van der Waals surface area contributed by atoms with Gasteiger partial charge in [-0.15, -0.1) is 23.7 Å². The SMILES string of the molecule is Cc1noc(C)c1S(=O)(=O)N1CCN(C(=O)c2csc(CCN)n2)CC1.Cl. The number of hydrogen-bond donors (Lipinski definition) is 1. The van der Waals surface area contributed by atoms with Gasteiger partial charge in [0.2, 0.25) is 10.0 Å². The van der Waals surface area contributed by atoms with Crippen molar-refractivity contribution in [1.29, 1.82) is 0 Å². The Morgan fingerprint density at radius 3 is 2.52 bits per heavy atom. The fourth-order valence-electron chi connectivity index (χ4n) is 2.91. The van der Waals surface area contributed by atoms with Gasteiger partial charge >= 0.3 is 0 Å². The van der Waals surface area contributed by atoms with Crippen molar-refractivity contribution in [3.05, 3.63) is 27.5 Å². The Balaban J connectivity index is 0.00000261. The Hall–Kier alpha value is -1.53. The molecule has 27 heavy (non-hydrogen) atoms. The summed E-state index contributed by atoms with van der Waals surface area (Å²) in [6.45, 7) is 4.73. The molecule has 3 heterocycles. The first-order chi connectivity index (χ1) is 12.3. The molecule has 9 nitrogen and oxygen atoms in total. The molecule has 0 aliphatic carbocycles. The van der Waals surface area contributed by atoms with Crippen LogP contribution < -0.4 is 5.73 Å². The van der Waals surface area contributed by atoms with E-state index < -0.39 is 10.0 Å². The lowest BCUT2D eigenvalue weighted by Gasteiger charge is -2.33. The lowest BCUT2D eigenvalue weighted by molar-refractivity contribution is 0.0692. The number of carbonyl (C=O) groups is 1. The third-order valence-electron chi connectivity index (χ3n) is 4.22. The highest BCUT2D eigenvalue weighted by Crippen LogP contribution is 2.24. The molecule has 150 valence electrons. The number of rotatable bonds is 5. The van der Waals surface area contributed by atoms with Gasteiger partial charge in [-0.3, -0.25) is 4.79 Å². The topological polar surface area (TPSA) is 123 Å². The molecule has 1 saturated heterocycles. The van der Waals surface area contributed by atoms with Gasteiger partial charge in [-0.25, -0.2) is 13.4 Å². The van der Waals surface area contributed by atoms with Gasteiger partial charge in [0.1, 0.15) is 16.3 Å². The maximum atomic E-state index is 12.8. The molecule has 0 spiro atoms. The van der Waals surface area contributed by atoms with Crippen molar-refractivity contribution in [2.24, 2.45) is 5.73 Å². The van der Waals surface area contributed by atoms with E-state index in [4.69, 9.17) is 10.3 Å². The average Bonchev–Trinajstić information content (AvgIpc) is 3.21. The Labute approximate surface area is 168 Å². The Kier molecular flexibility index (Phi) is 6.98. The van der Waals surface area contributed by atoms with Gasteiger partial charge in [-0.1, -0.05) is 5.16 Å². The van der Waals surface area contributed by atoms with Crippen LogP contribution in [0.4, 0.5) is 0 Å². The molecule has 1 amide bonds. The van der Waals surface area contributed by atoms with Crippen molar-refractivity contribution in [3.63, 3.8) is 0 Å². The number of sulfonamides is 1. The van der Waals surface area contributed by atoms with Gasteiger partial charge in [0.15, 0.2) is 5.76 Å². The summed E-state index contributed by atoms with van der Waals surface area (Å²) in [5.41, 5.74) is 6.24.